The molecule has 0 radical (unpaired) electrons. The molecule has 4 nitrogen and oxygen atoms in total. The zero-order chi connectivity index (χ0) is 10.6. The van der Waals surface area contributed by atoms with Crippen molar-refractivity contribution >= 4 is 5.97 Å². The number of carbonyl (C=O) groups is 1. The van der Waals surface area contributed by atoms with Crippen LogP contribution < -0.4 is 4.74 Å². The molecule has 0 fully saturated rings. The predicted molar refractivity (Wildman–Crippen MR) is 47.2 cm³/mol. The van der Waals surface area contributed by atoms with Gasteiger partial charge in [-0.25, -0.2) is 0 Å². The summed E-state index contributed by atoms with van der Waals surface area (Å²) in [6.07, 6.45) is 0. The molecule has 0 saturated heterocycles. The maximum atomic E-state index is 10.6. The van der Waals surface area contributed by atoms with Gasteiger partial charge in [0.05, 0.1) is 23.3 Å². The zero-order valence-electron chi connectivity index (χ0n) is 7.44. The summed E-state index contributed by atoms with van der Waals surface area (Å²) in [7, 11) is 0. The second-order valence-electron chi connectivity index (χ2n) is 2.56. The third-order valence-electron chi connectivity index (χ3n) is 1.43. The molecule has 0 aliphatic carbocycles. The summed E-state index contributed by atoms with van der Waals surface area (Å²) in [6, 6.07) is 7.98. The second-order valence-corrected chi connectivity index (χ2v) is 2.56. The Hall–Kier alpha value is -2.33. The smallest absolute Gasteiger partial charge is 0.308 e. The molecular weight excluding hydrogens is 180 g/mol. The van der Waals surface area contributed by atoms with Crippen molar-refractivity contribution < 1.29 is 9.53 Å². The number of benzene rings is 1. The highest BCUT2D eigenvalue weighted by molar-refractivity contribution is 5.69. The van der Waals surface area contributed by atoms with Gasteiger partial charge in [-0.2, -0.15) is 10.5 Å². The van der Waals surface area contributed by atoms with E-state index in [-0.39, 0.29) is 5.75 Å². The van der Waals surface area contributed by atoms with Crippen molar-refractivity contribution in [2.45, 2.75) is 6.92 Å². The number of nitrogens with zero attached hydrogens (tertiary/aromatic N) is 2. The third-order valence-corrected chi connectivity index (χ3v) is 1.43. The van der Waals surface area contributed by atoms with Crippen molar-refractivity contribution in [3.63, 3.8) is 0 Å². The van der Waals surface area contributed by atoms with E-state index in [1.165, 1.54) is 25.1 Å². The normalized spacial score (nSPS) is 8.50. The maximum Gasteiger partial charge on any atom is 0.308 e. The Morgan fingerprint density at radius 3 is 2.07 bits per heavy atom. The average Bonchev–Trinajstić information content (AvgIpc) is 2.16. The molecule has 4 heteroatoms. The van der Waals surface area contributed by atoms with Crippen molar-refractivity contribution in [2.75, 3.05) is 0 Å². The molecule has 1 aromatic rings. The maximum absolute atomic E-state index is 10.6. The van der Waals surface area contributed by atoms with E-state index in [1.807, 2.05) is 12.1 Å². The summed E-state index contributed by atoms with van der Waals surface area (Å²) in [6.45, 7) is 1.26. The minimum atomic E-state index is -0.482. The molecule has 0 bridgehead atoms. The molecular formula is C10H6N2O2. The Balaban J connectivity index is 3.14. The molecule has 0 saturated carbocycles. The van der Waals surface area contributed by atoms with Crippen molar-refractivity contribution in [3.8, 4) is 17.9 Å². The quantitative estimate of drug-likeness (QED) is 0.490. The van der Waals surface area contributed by atoms with Crippen LogP contribution in [0.3, 0.4) is 0 Å². The fraction of sp³-hybridized carbons (Fsp3) is 0.100. The number of hydrogen-bond donors (Lipinski definition) is 0. The molecule has 0 heterocycles. The molecule has 0 unspecified atom stereocenters. The van der Waals surface area contributed by atoms with Crippen molar-refractivity contribution in [1.82, 2.24) is 0 Å². The summed E-state index contributed by atoms with van der Waals surface area (Å²) in [5.41, 5.74) is 0.584. The van der Waals surface area contributed by atoms with Gasteiger partial charge in [0.1, 0.15) is 5.75 Å². The predicted octanol–water partition coefficient (Wildman–Crippen LogP) is 1.36. The van der Waals surface area contributed by atoms with E-state index >= 15 is 0 Å². The van der Waals surface area contributed by atoms with E-state index in [0.29, 0.717) is 11.1 Å². The largest absolute Gasteiger partial charge is 0.427 e. The number of esters is 1. The average molecular weight is 186 g/mol. The monoisotopic (exact) mass is 186 g/mol. The highest BCUT2D eigenvalue weighted by Crippen LogP contribution is 2.16. The summed E-state index contributed by atoms with van der Waals surface area (Å²) in [5, 5.41) is 17.2. The van der Waals surface area contributed by atoms with E-state index in [9.17, 15) is 4.79 Å². The van der Waals surface area contributed by atoms with Gasteiger partial charge in [-0.3, -0.25) is 4.79 Å². The van der Waals surface area contributed by atoms with Gasteiger partial charge in [-0.05, 0) is 18.2 Å². The molecule has 0 aromatic heterocycles. The summed E-state index contributed by atoms with van der Waals surface area (Å²) in [5.74, 6) is -0.267. The van der Waals surface area contributed by atoms with Crippen LogP contribution in [0.25, 0.3) is 0 Å². The first-order valence-corrected chi connectivity index (χ1v) is 3.79. The highest BCUT2D eigenvalue weighted by atomic mass is 16.5. The second kappa shape index (κ2) is 4.06. The van der Waals surface area contributed by atoms with Crippen LogP contribution in [0.15, 0.2) is 18.2 Å². The van der Waals surface area contributed by atoms with Crippen molar-refractivity contribution in [3.05, 3.63) is 29.3 Å². The molecule has 1 aromatic carbocycles. The lowest BCUT2D eigenvalue weighted by Crippen LogP contribution is -2.01. The minimum absolute atomic E-state index is 0.216. The number of rotatable bonds is 1. The number of ether oxygens (including phenoxy) is 1. The molecule has 1 rings (SSSR count). The Labute approximate surface area is 81.0 Å². The molecule has 0 amide bonds. The van der Waals surface area contributed by atoms with Crippen LogP contribution in [0.5, 0.6) is 5.75 Å². The van der Waals surface area contributed by atoms with Gasteiger partial charge in [0.2, 0.25) is 0 Å². The van der Waals surface area contributed by atoms with Gasteiger partial charge in [-0.15, -0.1) is 0 Å². The molecule has 0 atom stereocenters. The SMILES string of the molecule is CC(=O)Oc1cc(C#N)cc(C#N)c1. The first-order valence-electron chi connectivity index (χ1n) is 3.79. The first kappa shape index (κ1) is 9.76. The fourth-order valence-electron chi connectivity index (χ4n) is 0.953. The first-order chi connectivity index (χ1) is 6.65. The Bertz CT molecular complexity index is 420. The third kappa shape index (κ3) is 2.33. The molecule has 14 heavy (non-hydrogen) atoms. The van der Waals surface area contributed by atoms with Crippen molar-refractivity contribution in [2.24, 2.45) is 0 Å². The lowest BCUT2D eigenvalue weighted by molar-refractivity contribution is -0.131. The van der Waals surface area contributed by atoms with Gasteiger partial charge < -0.3 is 4.74 Å². The fourth-order valence-corrected chi connectivity index (χ4v) is 0.953. The van der Waals surface area contributed by atoms with Crippen molar-refractivity contribution in [1.29, 1.82) is 10.5 Å². The number of hydrogen-bond acceptors (Lipinski definition) is 4. The molecule has 0 N–H and O–H groups in total. The van der Waals surface area contributed by atoms with Crippen LogP contribution in [-0.4, -0.2) is 5.97 Å². The minimum Gasteiger partial charge on any atom is -0.427 e. The highest BCUT2D eigenvalue weighted by Gasteiger charge is 2.03. The zero-order valence-corrected chi connectivity index (χ0v) is 7.44. The van der Waals surface area contributed by atoms with E-state index < -0.39 is 5.97 Å². The topological polar surface area (TPSA) is 73.9 Å². The summed E-state index contributed by atoms with van der Waals surface area (Å²) in [4.78, 5) is 10.6. The molecule has 0 aliphatic heterocycles. The number of carbonyl (C=O) groups excluding carboxylic acids is 1. The van der Waals surface area contributed by atoms with E-state index in [0.717, 1.165) is 0 Å². The molecule has 0 aliphatic rings. The van der Waals surface area contributed by atoms with Crippen LogP contribution in [-0.2, 0) is 4.79 Å². The lowest BCUT2D eigenvalue weighted by Gasteiger charge is -2.01. The van der Waals surface area contributed by atoms with Gasteiger partial charge in [0.15, 0.2) is 0 Å². The summed E-state index contributed by atoms with van der Waals surface area (Å²) >= 11 is 0. The molecule has 0 spiro atoms. The van der Waals surface area contributed by atoms with Gasteiger partial charge >= 0.3 is 5.97 Å². The van der Waals surface area contributed by atoms with Crippen LogP contribution in [0, 0.1) is 22.7 Å². The lowest BCUT2D eigenvalue weighted by atomic mass is 10.1. The van der Waals surface area contributed by atoms with Crippen LogP contribution >= 0.6 is 0 Å². The Kier molecular flexibility index (Phi) is 2.83. The van der Waals surface area contributed by atoms with E-state index in [4.69, 9.17) is 15.3 Å². The van der Waals surface area contributed by atoms with Gasteiger partial charge in [0.25, 0.3) is 0 Å². The van der Waals surface area contributed by atoms with Crippen LogP contribution in [0.1, 0.15) is 18.1 Å². The summed E-state index contributed by atoms with van der Waals surface area (Å²) < 4.78 is 4.76. The Morgan fingerprint density at radius 1 is 1.21 bits per heavy atom. The van der Waals surface area contributed by atoms with Crippen LogP contribution in [0.2, 0.25) is 0 Å². The number of nitriles is 2. The molecule has 68 valence electrons. The van der Waals surface area contributed by atoms with Gasteiger partial charge in [0, 0.05) is 6.92 Å². The van der Waals surface area contributed by atoms with E-state index in [2.05, 4.69) is 0 Å². The van der Waals surface area contributed by atoms with Crippen LogP contribution in [0.4, 0.5) is 0 Å². The van der Waals surface area contributed by atoms with E-state index in [1.54, 1.807) is 0 Å². The van der Waals surface area contributed by atoms with Gasteiger partial charge in [-0.1, -0.05) is 0 Å². The standard InChI is InChI=1S/C10H6N2O2/c1-7(13)14-10-3-8(5-11)2-9(4-10)6-12/h2-4H,1H3. The Morgan fingerprint density at radius 2 is 1.71 bits per heavy atom.